The third-order valence-corrected chi connectivity index (χ3v) is 4.36. The molecule has 0 bridgehead atoms. The molecule has 0 radical (unpaired) electrons. The van der Waals surface area contributed by atoms with Crippen molar-refractivity contribution in [1.82, 2.24) is 10.6 Å². The molecule has 1 aromatic carbocycles. The molecule has 1 atom stereocenters. The van der Waals surface area contributed by atoms with E-state index < -0.39 is 6.04 Å². The van der Waals surface area contributed by atoms with Crippen LogP contribution in [0.25, 0.3) is 0 Å². The summed E-state index contributed by atoms with van der Waals surface area (Å²) in [5, 5.41) is 5.63. The minimum absolute atomic E-state index is 0.0485. The average molecular weight is 288 g/mol. The highest BCUT2D eigenvalue weighted by Crippen LogP contribution is 2.40. The second kappa shape index (κ2) is 6.74. The molecular formula is C17H24N2O2. The molecular weight excluding hydrogens is 264 g/mol. The van der Waals surface area contributed by atoms with Gasteiger partial charge in [0.15, 0.2) is 0 Å². The van der Waals surface area contributed by atoms with Crippen LogP contribution in [-0.4, -0.2) is 24.4 Å². The zero-order chi connectivity index (χ0) is 15.3. The van der Waals surface area contributed by atoms with Crippen LogP contribution in [0.4, 0.5) is 0 Å². The zero-order valence-corrected chi connectivity index (χ0v) is 12.8. The molecule has 1 saturated carbocycles. The Morgan fingerprint density at radius 1 is 1.19 bits per heavy atom. The second-order valence-corrected chi connectivity index (χ2v) is 5.99. The number of carbonyl (C=O) groups excluding carboxylic acids is 2. The Labute approximate surface area is 126 Å². The highest BCUT2D eigenvalue weighted by molar-refractivity contribution is 5.86. The number of carbonyl (C=O) groups is 2. The lowest BCUT2D eigenvalue weighted by atomic mass is 9.79. The Kier molecular flexibility index (Phi) is 4.99. The molecule has 0 spiro atoms. The molecule has 1 aromatic rings. The largest absolute Gasteiger partial charge is 0.353 e. The van der Waals surface area contributed by atoms with Crippen molar-refractivity contribution in [3.8, 4) is 0 Å². The van der Waals surface area contributed by atoms with Gasteiger partial charge in [0.05, 0.1) is 0 Å². The summed E-state index contributed by atoms with van der Waals surface area (Å²) >= 11 is 0. The maximum atomic E-state index is 12.1. The van der Waals surface area contributed by atoms with Crippen molar-refractivity contribution < 1.29 is 9.59 Å². The van der Waals surface area contributed by atoms with Crippen molar-refractivity contribution in [2.24, 2.45) is 0 Å². The summed E-state index contributed by atoms with van der Waals surface area (Å²) < 4.78 is 0. The van der Waals surface area contributed by atoms with Gasteiger partial charge in [0.25, 0.3) is 0 Å². The molecule has 0 saturated heterocycles. The van der Waals surface area contributed by atoms with Gasteiger partial charge >= 0.3 is 0 Å². The van der Waals surface area contributed by atoms with Gasteiger partial charge in [0.2, 0.25) is 11.8 Å². The molecule has 21 heavy (non-hydrogen) atoms. The highest BCUT2D eigenvalue weighted by Gasteiger charge is 2.36. The highest BCUT2D eigenvalue weighted by atomic mass is 16.2. The van der Waals surface area contributed by atoms with Crippen molar-refractivity contribution in [2.45, 2.75) is 51.0 Å². The lowest BCUT2D eigenvalue weighted by Crippen LogP contribution is -2.48. The average Bonchev–Trinajstić information content (AvgIpc) is 2.95. The second-order valence-electron chi connectivity index (χ2n) is 5.99. The molecule has 114 valence electrons. The van der Waals surface area contributed by atoms with Crippen LogP contribution in [0, 0.1) is 0 Å². The van der Waals surface area contributed by atoms with Crippen LogP contribution < -0.4 is 10.6 Å². The van der Waals surface area contributed by atoms with Gasteiger partial charge in [-0.3, -0.25) is 9.59 Å². The quantitative estimate of drug-likeness (QED) is 0.872. The lowest BCUT2D eigenvalue weighted by Gasteiger charge is -2.30. The number of rotatable bonds is 5. The third kappa shape index (κ3) is 3.84. The normalized spacial score (nSPS) is 18.0. The Morgan fingerprint density at radius 3 is 2.38 bits per heavy atom. The summed E-state index contributed by atoms with van der Waals surface area (Å²) in [7, 11) is 0. The Balaban J connectivity index is 2.01. The topological polar surface area (TPSA) is 58.2 Å². The van der Waals surface area contributed by atoms with Gasteiger partial charge in [-0.1, -0.05) is 43.2 Å². The summed E-state index contributed by atoms with van der Waals surface area (Å²) in [5.74, 6) is -0.302. The van der Waals surface area contributed by atoms with Crippen LogP contribution >= 0.6 is 0 Å². The van der Waals surface area contributed by atoms with Crippen molar-refractivity contribution in [3.63, 3.8) is 0 Å². The van der Waals surface area contributed by atoms with E-state index in [1.165, 1.54) is 25.3 Å². The third-order valence-electron chi connectivity index (χ3n) is 4.36. The van der Waals surface area contributed by atoms with Crippen LogP contribution in [-0.2, 0) is 15.0 Å². The molecule has 4 nitrogen and oxygen atoms in total. The van der Waals surface area contributed by atoms with Crippen LogP contribution in [0.15, 0.2) is 30.3 Å². The number of benzene rings is 1. The summed E-state index contributed by atoms with van der Waals surface area (Å²) in [4.78, 5) is 23.1. The van der Waals surface area contributed by atoms with E-state index in [0.717, 1.165) is 12.8 Å². The van der Waals surface area contributed by atoms with Crippen LogP contribution in [0.5, 0.6) is 0 Å². The summed E-state index contributed by atoms with van der Waals surface area (Å²) in [6.07, 6.45) is 4.61. The van der Waals surface area contributed by atoms with Crippen molar-refractivity contribution in [1.29, 1.82) is 0 Å². The van der Waals surface area contributed by atoms with E-state index in [9.17, 15) is 9.59 Å². The first kappa shape index (κ1) is 15.5. The number of hydrogen-bond acceptors (Lipinski definition) is 2. The minimum atomic E-state index is -0.489. The van der Waals surface area contributed by atoms with E-state index in [0.29, 0.717) is 6.54 Å². The molecule has 1 aliphatic carbocycles. The Bertz CT molecular complexity index is 493. The van der Waals surface area contributed by atoms with E-state index in [2.05, 4.69) is 34.9 Å². The van der Waals surface area contributed by atoms with Gasteiger partial charge in [0.1, 0.15) is 6.04 Å². The Hall–Kier alpha value is -1.84. The maximum Gasteiger partial charge on any atom is 0.242 e. The van der Waals surface area contributed by atoms with E-state index in [4.69, 9.17) is 0 Å². The first-order valence-electron chi connectivity index (χ1n) is 7.64. The predicted octanol–water partition coefficient (Wildman–Crippen LogP) is 2.14. The van der Waals surface area contributed by atoms with Crippen molar-refractivity contribution >= 4 is 11.8 Å². The van der Waals surface area contributed by atoms with E-state index in [1.807, 2.05) is 6.07 Å². The van der Waals surface area contributed by atoms with Gasteiger partial charge in [-0.2, -0.15) is 0 Å². The first-order valence-corrected chi connectivity index (χ1v) is 7.64. The predicted molar refractivity (Wildman–Crippen MR) is 82.9 cm³/mol. The number of hydrogen-bond donors (Lipinski definition) is 2. The zero-order valence-electron chi connectivity index (χ0n) is 12.8. The van der Waals surface area contributed by atoms with Gasteiger partial charge in [-0.25, -0.2) is 0 Å². The van der Waals surface area contributed by atoms with Gasteiger partial charge in [0, 0.05) is 18.9 Å². The molecule has 0 heterocycles. The number of amides is 2. The summed E-state index contributed by atoms with van der Waals surface area (Å²) in [6.45, 7) is 3.77. The summed E-state index contributed by atoms with van der Waals surface area (Å²) in [6, 6.07) is 9.93. The molecule has 4 heteroatoms. The van der Waals surface area contributed by atoms with E-state index in [-0.39, 0.29) is 17.2 Å². The molecule has 2 rings (SSSR count). The minimum Gasteiger partial charge on any atom is -0.353 e. The fourth-order valence-corrected chi connectivity index (χ4v) is 3.19. The molecule has 1 aliphatic rings. The van der Waals surface area contributed by atoms with Crippen molar-refractivity contribution in [2.75, 3.05) is 6.54 Å². The van der Waals surface area contributed by atoms with Gasteiger partial charge in [-0.15, -0.1) is 0 Å². The van der Waals surface area contributed by atoms with Crippen molar-refractivity contribution in [3.05, 3.63) is 35.9 Å². The van der Waals surface area contributed by atoms with E-state index >= 15 is 0 Å². The molecule has 0 aliphatic heterocycles. The SMILES string of the molecule is CC(=O)NC(C)C(=O)NCC1(c2ccccc2)CCCC1. The van der Waals surface area contributed by atoms with Gasteiger partial charge in [-0.05, 0) is 25.3 Å². The molecule has 1 unspecified atom stereocenters. The summed E-state index contributed by atoms with van der Waals surface area (Å²) in [5.41, 5.74) is 1.35. The fraction of sp³-hybridized carbons (Fsp3) is 0.529. The molecule has 0 aromatic heterocycles. The first-order chi connectivity index (χ1) is 10.0. The van der Waals surface area contributed by atoms with Crippen LogP contribution in [0.2, 0.25) is 0 Å². The lowest BCUT2D eigenvalue weighted by molar-refractivity contribution is -0.127. The monoisotopic (exact) mass is 288 g/mol. The number of nitrogens with one attached hydrogen (secondary N) is 2. The fourth-order valence-electron chi connectivity index (χ4n) is 3.19. The smallest absolute Gasteiger partial charge is 0.242 e. The van der Waals surface area contributed by atoms with Crippen LogP contribution in [0.3, 0.4) is 0 Å². The van der Waals surface area contributed by atoms with Crippen LogP contribution in [0.1, 0.15) is 45.1 Å². The Morgan fingerprint density at radius 2 is 1.81 bits per heavy atom. The van der Waals surface area contributed by atoms with E-state index in [1.54, 1.807) is 6.92 Å². The molecule has 2 N–H and O–H groups in total. The molecule has 2 amide bonds. The van der Waals surface area contributed by atoms with Gasteiger partial charge < -0.3 is 10.6 Å². The standard InChI is InChI=1S/C17H24N2O2/c1-13(19-14(2)20)16(21)18-12-17(10-6-7-11-17)15-8-4-3-5-9-15/h3-5,8-9,13H,6-7,10-12H2,1-2H3,(H,18,21)(H,19,20). The molecule has 1 fully saturated rings. The maximum absolute atomic E-state index is 12.1.